The van der Waals surface area contributed by atoms with Gasteiger partial charge in [0, 0.05) is 49.5 Å². The Morgan fingerprint density at radius 2 is 1.81 bits per heavy atom. The molecule has 0 spiro atoms. The van der Waals surface area contributed by atoms with Gasteiger partial charge in [0.25, 0.3) is 0 Å². The van der Waals surface area contributed by atoms with Crippen molar-refractivity contribution in [2.75, 3.05) is 37.7 Å². The molecule has 0 saturated carbocycles. The van der Waals surface area contributed by atoms with Gasteiger partial charge in [-0.2, -0.15) is 0 Å². The molecule has 7 heteroatoms. The van der Waals surface area contributed by atoms with Crippen LogP contribution in [-0.4, -0.2) is 52.4 Å². The second-order valence-electron chi connectivity index (χ2n) is 10.1. The number of nitrogens with one attached hydrogen (secondary N) is 1. The fourth-order valence-electron chi connectivity index (χ4n) is 5.57. The smallest absolute Gasteiger partial charge is 0.174 e. The lowest BCUT2D eigenvalue weighted by Crippen LogP contribution is -2.37. The molecule has 0 unspecified atom stereocenters. The molecule has 190 valence electrons. The van der Waals surface area contributed by atoms with Gasteiger partial charge in [-0.05, 0) is 93.4 Å². The largest absolute Gasteiger partial charge is 0.379 e. The van der Waals surface area contributed by atoms with Gasteiger partial charge >= 0.3 is 0 Å². The molecule has 0 aliphatic carbocycles. The number of anilines is 1. The van der Waals surface area contributed by atoms with E-state index in [0.29, 0.717) is 0 Å². The van der Waals surface area contributed by atoms with Crippen molar-refractivity contribution in [1.82, 2.24) is 19.8 Å². The summed E-state index contributed by atoms with van der Waals surface area (Å²) >= 11 is 5.94. The molecule has 0 radical (unpaired) electrons. The van der Waals surface area contributed by atoms with Gasteiger partial charge in [-0.25, -0.2) is 0 Å². The molecule has 2 atom stereocenters. The molecule has 0 bridgehead atoms. The number of pyridine rings is 1. The highest BCUT2D eigenvalue weighted by Crippen LogP contribution is 2.43. The van der Waals surface area contributed by atoms with Crippen LogP contribution in [0.25, 0.3) is 0 Å². The van der Waals surface area contributed by atoms with Crippen molar-refractivity contribution in [3.8, 4) is 0 Å². The van der Waals surface area contributed by atoms with Gasteiger partial charge in [-0.3, -0.25) is 9.88 Å². The minimum atomic E-state index is -0.0254. The average Bonchev–Trinajstić information content (AvgIpc) is 3.37. The highest BCUT2D eigenvalue weighted by atomic mass is 32.1. The Morgan fingerprint density at radius 3 is 2.53 bits per heavy atom. The summed E-state index contributed by atoms with van der Waals surface area (Å²) in [7, 11) is 0. The lowest BCUT2D eigenvalue weighted by atomic mass is 9.96. The SMILES string of the molecule is Cc1ccc(N2C(=S)N[C@@H](c3ccccn3)[C@@H]2c2cc(C)n(CCCN3CCOCC3)c2C)cc1C. The van der Waals surface area contributed by atoms with E-state index in [1.165, 1.54) is 28.1 Å². The fourth-order valence-corrected chi connectivity index (χ4v) is 5.92. The van der Waals surface area contributed by atoms with E-state index in [4.69, 9.17) is 21.9 Å². The molecule has 3 aromatic rings. The normalized spacial score (nSPS) is 20.7. The number of rotatable bonds is 7. The van der Waals surface area contributed by atoms with Gasteiger partial charge in [0.1, 0.15) is 0 Å². The molecule has 1 aromatic carbocycles. The van der Waals surface area contributed by atoms with Crippen molar-refractivity contribution in [2.24, 2.45) is 0 Å². The molecule has 2 aliphatic rings. The van der Waals surface area contributed by atoms with E-state index in [-0.39, 0.29) is 12.1 Å². The van der Waals surface area contributed by atoms with Crippen LogP contribution in [0.3, 0.4) is 0 Å². The van der Waals surface area contributed by atoms with Crippen molar-refractivity contribution in [3.63, 3.8) is 0 Å². The lowest BCUT2D eigenvalue weighted by Gasteiger charge is -2.29. The lowest BCUT2D eigenvalue weighted by molar-refractivity contribution is 0.0369. The predicted octanol–water partition coefficient (Wildman–Crippen LogP) is 5.02. The molecule has 2 aromatic heterocycles. The first-order valence-corrected chi connectivity index (χ1v) is 13.4. The van der Waals surface area contributed by atoms with Gasteiger partial charge in [0.15, 0.2) is 5.11 Å². The number of benzene rings is 1. The Hall–Kier alpha value is -2.74. The van der Waals surface area contributed by atoms with E-state index in [0.717, 1.165) is 62.3 Å². The zero-order chi connectivity index (χ0) is 25.2. The third kappa shape index (κ3) is 4.92. The van der Waals surface area contributed by atoms with E-state index in [2.05, 4.69) is 83.8 Å². The van der Waals surface area contributed by atoms with E-state index in [1.807, 2.05) is 12.3 Å². The number of morpholine rings is 1. The van der Waals surface area contributed by atoms with Crippen LogP contribution in [0.4, 0.5) is 5.69 Å². The second-order valence-corrected chi connectivity index (χ2v) is 10.4. The first-order valence-electron chi connectivity index (χ1n) is 13.0. The second kappa shape index (κ2) is 10.7. The van der Waals surface area contributed by atoms with Gasteiger partial charge in [0.2, 0.25) is 0 Å². The molecule has 4 heterocycles. The molecule has 5 rings (SSSR count). The van der Waals surface area contributed by atoms with E-state index >= 15 is 0 Å². The number of ether oxygens (including phenoxy) is 1. The van der Waals surface area contributed by atoms with Crippen LogP contribution in [0.5, 0.6) is 0 Å². The summed E-state index contributed by atoms with van der Waals surface area (Å²) in [5.74, 6) is 0. The Labute approximate surface area is 220 Å². The van der Waals surface area contributed by atoms with Crippen molar-refractivity contribution in [2.45, 2.75) is 52.7 Å². The highest BCUT2D eigenvalue weighted by Gasteiger charge is 2.42. The van der Waals surface area contributed by atoms with Gasteiger partial charge in [-0.1, -0.05) is 12.1 Å². The van der Waals surface area contributed by atoms with Crippen LogP contribution in [0.2, 0.25) is 0 Å². The maximum absolute atomic E-state index is 5.94. The predicted molar refractivity (Wildman–Crippen MR) is 150 cm³/mol. The number of nitrogens with zero attached hydrogens (tertiary/aromatic N) is 4. The van der Waals surface area contributed by atoms with E-state index in [9.17, 15) is 0 Å². The number of hydrogen-bond donors (Lipinski definition) is 1. The van der Waals surface area contributed by atoms with Crippen molar-refractivity contribution < 1.29 is 4.74 Å². The summed E-state index contributed by atoms with van der Waals surface area (Å²) in [6, 6.07) is 15.1. The van der Waals surface area contributed by atoms with Crippen molar-refractivity contribution >= 4 is 23.0 Å². The topological polar surface area (TPSA) is 45.6 Å². The third-order valence-electron chi connectivity index (χ3n) is 7.76. The first kappa shape index (κ1) is 24.9. The van der Waals surface area contributed by atoms with Crippen LogP contribution in [-0.2, 0) is 11.3 Å². The van der Waals surface area contributed by atoms with Crippen LogP contribution in [0.1, 0.15) is 52.3 Å². The first-order chi connectivity index (χ1) is 17.4. The summed E-state index contributed by atoms with van der Waals surface area (Å²) in [6.07, 6.45) is 2.99. The Bertz CT molecular complexity index is 1220. The Morgan fingerprint density at radius 1 is 1.00 bits per heavy atom. The van der Waals surface area contributed by atoms with Crippen molar-refractivity contribution in [3.05, 3.63) is 82.4 Å². The molecule has 2 saturated heterocycles. The number of aromatic nitrogens is 2. The van der Waals surface area contributed by atoms with Crippen LogP contribution in [0, 0.1) is 27.7 Å². The standard InChI is InChI=1S/C29H37N5OS/c1-20-9-10-24(18-21(20)2)34-28(27(31-29(34)36)26-8-5-6-11-30-26)25-19-22(3)33(23(25)4)13-7-12-32-14-16-35-17-15-32/h5-6,8-11,18-19,27-28H,7,12-17H2,1-4H3,(H,31,36)/t27-,28-/m0/s1. The van der Waals surface area contributed by atoms with Crippen molar-refractivity contribution in [1.29, 1.82) is 0 Å². The molecular weight excluding hydrogens is 466 g/mol. The maximum atomic E-state index is 5.94. The molecule has 0 amide bonds. The number of aryl methyl sites for hydroxylation is 3. The molecular formula is C29H37N5OS. The van der Waals surface area contributed by atoms with Crippen LogP contribution < -0.4 is 10.2 Å². The summed E-state index contributed by atoms with van der Waals surface area (Å²) in [6.45, 7) is 14.7. The zero-order valence-corrected chi connectivity index (χ0v) is 22.6. The van der Waals surface area contributed by atoms with E-state index in [1.54, 1.807) is 0 Å². The summed E-state index contributed by atoms with van der Waals surface area (Å²) in [5.41, 5.74) is 8.59. The van der Waals surface area contributed by atoms with Crippen LogP contribution in [0.15, 0.2) is 48.7 Å². The Balaban J connectivity index is 1.48. The maximum Gasteiger partial charge on any atom is 0.174 e. The van der Waals surface area contributed by atoms with Crippen LogP contribution >= 0.6 is 12.2 Å². The fraction of sp³-hybridized carbons (Fsp3) is 0.448. The molecule has 2 fully saturated rings. The van der Waals surface area contributed by atoms with Gasteiger partial charge < -0.3 is 19.5 Å². The monoisotopic (exact) mass is 503 g/mol. The minimum absolute atomic E-state index is 0.0219. The number of hydrogen-bond acceptors (Lipinski definition) is 4. The number of thiocarbonyl (C=S) groups is 1. The van der Waals surface area contributed by atoms with E-state index < -0.39 is 0 Å². The third-order valence-corrected chi connectivity index (χ3v) is 8.07. The average molecular weight is 504 g/mol. The molecule has 2 aliphatic heterocycles. The summed E-state index contributed by atoms with van der Waals surface area (Å²) < 4.78 is 7.98. The van der Waals surface area contributed by atoms with Gasteiger partial charge in [0.05, 0.1) is 31.0 Å². The minimum Gasteiger partial charge on any atom is -0.379 e. The summed E-state index contributed by atoms with van der Waals surface area (Å²) in [5, 5.41) is 4.36. The molecule has 36 heavy (non-hydrogen) atoms. The van der Waals surface area contributed by atoms with Gasteiger partial charge in [-0.15, -0.1) is 0 Å². The molecule has 6 nitrogen and oxygen atoms in total. The molecule has 1 N–H and O–H groups in total. The Kier molecular flexibility index (Phi) is 7.42. The quantitative estimate of drug-likeness (QED) is 0.457. The highest BCUT2D eigenvalue weighted by molar-refractivity contribution is 7.80. The zero-order valence-electron chi connectivity index (χ0n) is 21.8. The summed E-state index contributed by atoms with van der Waals surface area (Å²) in [4.78, 5) is 9.52.